The molecule has 0 bridgehead atoms. The molecule has 1 aromatic rings. The van der Waals surface area contributed by atoms with E-state index in [-0.39, 0.29) is 12.3 Å². The number of esters is 2. The molecule has 0 aromatic heterocycles. The van der Waals surface area contributed by atoms with Crippen molar-refractivity contribution < 1.29 is 28.7 Å². The van der Waals surface area contributed by atoms with Gasteiger partial charge in [0.1, 0.15) is 12.1 Å². The van der Waals surface area contributed by atoms with Gasteiger partial charge in [0.25, 0.3) is 5.91 Å². The summed E-state index contributed by atoms with van der Waals surface area (Å²) in [6, 6.07) is 6.19. The van der Waals surface area contributed by atoms with Crippen LogP contribution in [-0.2, 0) is 30.3 Å². The maximum absolute atomic E-state index is 12.3. The van der Waals surface area contributed by atoms with E-state index in [1.165, 1.54) is 7.11 Å². The highest BCUT2D eigenvalue weighted by atomic mass is 16.5. The number of hydrogen-bond acceptors (Lipinski definition) is 6. The minimum atomic E-state index is -1.04. The Hall–Kier alpha value is -3.10. The molecule has 0 aliphatic rings. The van der Waals surface area contributed by atoms with Gasteiger partial charge in [-0.15, -0.1) is 0 Å². The van der Waals surface area contributed by atoms with Crippen LogP contribution >= 0.6 is 0 Å². The number of amides is 3. The van der Waals surface area contributed by atoms with Gasteiger partial charge in [0.15, 0.2) is 6.61 Å². The number of nitrogens with one attached hydrogen (secondary N) is 2. The number of carbonyl (C=O) groups excluding carboxylic acids is 4. The molecular formula is C19H27N3O6. The van der Waals surface area contributed by atoms with Crippen LogP contribution in [0.1, 0.15) is 25.8 Å². The Balaban J connectivity index is 2.67. The smallest absolute Gasteiger partial charge is 0.329 e. The minimum absolute atomic E-state index is 0.155. The molecule has 0 unspecified atom stereocenters. The van der Waals surface area contributed by atoms with Crippen molar-refractivity contribution in [3.8, 4) is 0 Å². The van der Waals surface area contributed by atoms with Crippen molar-refractivity contribution in [2.45, 2.75) is 38.8 Å². The second-order valence-corrected chi connectivity index (χ2v) is 6.31. The zero-order valence-corrected chi connectivity index (χ0v) is 16.3. The van der Waals surface area contributed by atoms with Gasteiger partial charge < -0.3 is 25.8 Å². The summed E-state index contributed by atoms with van der Waals surface area (Å²) in [5.41, 5.74) is 5.90. The summed E-state index contributed by atoms with van der Waals surface area (Å²) in [5, 5.41) is 4.81. The van der Waals surface area contributed by atoms with E-state index in [0.717, 1.165) is 5.56 Å². The second-order valence-electron chi connectivity index (χ2n) is 6.31. The molecule has 3 atom stereocenters. The first-order valence-corrected chi connectivity index (χ1v) is 8.92. The molecule has 0 fully saturated rings. The highest BCUT2D eigenvalue weighted by Gasteiger charge is 2.28. The van der Waals surface area contributed by atoms with Crippen LogP contribution < -0.4 is 16.4 Å². The van der Waals surface area contributed by atoms with Crippen LogP contribution in [0.5, 0.6) is 0 Å². The van der Waals surface area contributed by atoms with E-state index in [1.807, 2.05) is 13.0 Å². The normalized spacial score (nSPS) is 13.5. The fourth-order valence-corrected chi connectivity index (χ4v) is 2.46. The van der Waals surface area contributed by atoms with Crippen molar-refractivity contribution in [2.24, 2.45) is 11.7 Å². The highest BCUT2D eigenvalue weighted by Crippen LogP contribution is 2.09. The molecule has 3 amide bonds. The van der Waals surface area contributed by atoms with Crippen molar-refractivity contribution in [3.05, 3.63) is 35.9 Å². The van der Waals surface area contributed by atoms with Gasteiger partial charge >= 0.3 is 18.0 Å². The Morgan fingerprint density at radius 2 is 1.71 bits per heavy atom. The lowest BCUT2D eigenvalue weighted by Crippen LogP contribution is -2.49. The van der Waals surface area contributed by atoms with E-state index in [0.29, 0.717) is 6.42 Å². The third kappa shape index (κ3) is 7.65. The summed E-state index contributed by atoms with van der Waals surface area (Å²) in [5.74, 6) is -2.20. The summed E-state index contributed by atoms with van der Waals surface area (Å²) in [6.07, 6.45) is 0.795. The largest absolute Gasteiger partial charge is 0.467 e. The molecular weight excluding hydrogens is 366 g/mol. The lowest BCUT2D eigenvalue weighted by atomic mass is 9.99. The standard InChI is InChI=1S/C19H27N3O6/c1-4-12(2)16(18(25)27-3)22-15(23)11-28-17(24)14(21-19(20)26)10-13-8-6-5-7-9-13/h5-9,12,14,16H,4,10-11H2,1-3H3,(H,22,23)(H3,20,21,26)/t12-,14+,16+/m1/s1. The zero-order chi connectivity index (χ0) is 21.1. The van der Waals surface area contributed by atoms with Crippen LogP contribution in [0.4, 0.5) is 4.79 Å². The second kappa shape index (κ2) is 11.6. The Bertz CT molecular complexity index is 680. The molecule has 1 aromatic carbocycles. The Morgan fingerprint density at radius 1 is 1.07 bits per heavy atom. The molecule has 1 rings (SSSR count). The van der Waals surface area contributed by atoms with Gasteiger partial charge in [0.2, 0.25) is 0 Å². The number of ether oxygens (including phenoxy) is 2. The van der Waals surface area contributed by atoms with Crippen molar-refractivity contribution in [1.82, 2.24) is 10.6 Å². The third-order valence-corrected chi connectivity index (χ3v) is 4.21. The van der Waals surface area contributed by atoms with E-state index in [4.69, 9.17) is 10.5 Å². The molecule has 9 nitrogen and oxygen atoms in total. The van der Waals surface area contributed by atoms with Crippen molar-refractivity contribution in [2.75, 3.05) is 13.7 Å². The number of methoxy groups -OCH3 is 1. The number of hydrogen-bond donors (Lipinski definition) is 3. The van der Waals surface area contributed by atoms with E-state index in [9.17, 15) is 19.2 Å². The molecule has 0 heterocycles. The third-order valence-electron chi connectivity index (χ3n) is 4.21. The molecule has 0 aliphatic carbocycles. The number of benzene rings is 1. The Morgan fingerprint density at radius 3 is 2.25 bits per heavy atom. The monoisotopic (exact) mass is 393 g/mol. The number of rotatable bonds is 10. The first-order chi connectivity index (χ1) is 13.3. The van der Waals surface area contributed by atoms with Crippen molar-refractivity contribution in [3.63, 3.8) is 0 Å². The molecule has 0 saturated carbocycles. The van der Waals surface area contributed by atoms with Crippen LogP contribution in [0.15, 0.2) is 30.3 Å². The van der Waals surface area contributed by atoms with E-state index in [1.54, 1.807) is 31.2 Å². The highest BCUT2D eigenvalue weighted by molar-refractivity contribution is 5.88. The van der Waals surface area contributed by atoms with Crippen LogP contribution in [0.2, 0.25) is 0 Å². The average molecular weight is 393 g/mol. The van der Waals surface area contributed by atoms with Crippen LogP contribution in [0, 0.1) is 5.92 Å². The van der Waals surface area contributed by atoms with E-state index < -0.39 is 42.6 Å². The van der Waals surface area contributed by atoms with E-state index in [2.05, 4.69) is 15.4 Å². The van der Waals surface area contributed by atoms with Crippen molar-refractivity contribution >= 4 is 23.9 Å². The van der Waals surface area contributed by atoms with Gasteiger partial charge in [0.05, 0.1) is 7.11 Å². The number of urea groups is 1. The Labute approximate surface area is 163 Å². The topological polar surface area (TPSA) is 137 Å². The number of primary amides is 1. The van der Waals surface area contributed by atoms with Gasteiger partial charge in [0, 0.05) is 6.42 Å². The summed E-state index contributed by atoms with van der Waals surface area (Å²) >= 11 is 0. The van der Waals surface area contributed by atoms with Gasteiger partial charge in [-0.1, -0.05) is 50.6 Å². The zero-order valence-electron chi connectivity index (χ0n) is 16.3. The van der Waals surface area contributed by atoms with Crippen LogP contribution in [0.3, 0.4) is 0 Å². The minimum Gasteiger partial charge on any atom is -0.467 e. The summed E-state index contributed by atoms with van der Waals surface area (Å²) in [6.45, 7) is 3.06. The van der Waals surface area contributed by atoms with Crippen molar-refractivity contribution in [1.29, 1.82) is 0 Å². The molecule has 9 heteroatoms. The fraction of sp³-hybridized carbons (Fsp3) is 0.474. The van der Waals surface area contributed by atoms with E-state index >= 15 is 0 Å². The predicted octanol–water partition coefficient (Wildman–Crippen LogP) is 0.513. The summed E-state index contributed by atoms with van der Waals surface area (Å²) in [4.78, 5) is 47.4. The number of nitrogens with two attached hydrogens (primary N) is 1. The Kier molecular flexibility index (Phi) is 9.49. The lowest BCUT2D eigenvalue weighted by Gasteiger charge is -2.22. The molecule has 154 valence electrons. The first kappa shape index (κ1) is 22.9. The van der Waals surface area contributed by atoms with Crippen LogP contribution in [0.25, 0.3) is 0 Å². The maximum atomic E-state index is 12.3. The van der Waals surface area contributed by atoms with Gasteiger partial charge in [-0.3, -0.25) is 4.79 Å². The van der Waals surface area contributed by atoms with Crippen LogP contribution in [-0.4, -0.2) is 49.7 Å². The molecule has 0 aliphatic heterocycles. The molecule has 0 radical (unpaired) electrons. The maximum Gasteiger partial charge on any atom is 0.329 e. The first-order valence-electron chi connectivity index (χ1n) is 8.92. The fourth-order valence-electron chi connectivity index (χ4n) is 2.46. The molecule has 4 N–H and O–H groups in total. The van der Waals surface area contributed by atoms with Gasteiger partial charge in [-0.05, 0) is 11.5 Å². The molecule has 28 heavy (non-hydrogen) atoms. The SMILES string of the molecule is CC[C@@H](C)[C@H](NC(=O)COC(=O)[C@H](Cc1ccccc1)NC(N)=O)C(=O)OC. The van der Waals surface area contributed by atoms with Gasteiger partial charge in [-0.2, -0.15) is 0 Å². The number of carbonyl (C=O) groups is 4. The average Bonchev–Trinajstić information content (AvgIpc) is 2.68. The van der Waals surface area contributed by atoms with Gasteiger partial charge in [-0.25, -0.2) is 14.4 Å². The predicted molar refractivity (Wildman–Crippen MR) is 101 cm³/mol. The molecule has 0 saturated heterocycles. The summed E-state index contributed by atoms with van der Waals surface area (Å²) in [7, 11) is 1.23. The quantitative estimate of drug-likeness (QED) is 0.496. The molecule has 0 spiro atoms. The lowest BCUT2D eigenvalue weighted by molar-refractivity contribution is -0.152. The summed E-state index contributed by atoms with van der Waals surface area (Å²) < 4.78 is 9.68.